The maximum atomic E-state index is 12.8. The van der Waals surface area contributed by atoms with Gasteiger partial charge in [0.05, 0.1) is 13.2 Å². The molecule has 0 aliphatic rings. The summed E-state index contributed by atoms with van der Waals surface area (Å²) in [7, 11) is 0. The van der Waals surface area contributed by atoms with Crippen LogP contribution in [0.15, 0.2) is 122 Å². The van der Waals surface area contributed by atoms with Gasteiger partial charge in [-0.25, -0.2) is 0 Å². The summed E-state index contributed by atoms with van der Waals surface area (Å²) in [4.78, 5) is 25.5. The maximum absolute atomic E-state index is 12.8. The highest BCUT2D eigenvalue weighted by Crippen LogP contribution is 2.14. The predicted molar refractivity (Wildman–Crippen MR) is 288 cm³/mol. The molecule has 0 aliphatic heterocycles. The number of carbonyl (C=O) groups excluding carboxylic acids is 2. The molecule has 5 heteroatoms. The molecule has 0 radical (unpaired) electrons. The zero-order valence-corrected chi connectivity index (χ0v) is 42.9. The Labute approximate surface area is 407 Å². The van der Waals surface area contributed by atoms with Crippen LogP contribution < -0.4 is 0 Å². The third kappa shape index (κ3) is 52.9. The second kappa shape index (κ2) is 55.6. The van der Waals surface area contributed by atoms with E-state index < -0.39 is 6.10 Å². The molecule has 66 heavy (non-hydrogen) atoms. The molecule has 374 valence electrons. The van der Waals surface area contributed by atoms with Gasteiger partial charge in [-0.1, -0.05) is 219 Å². The van der Waals surface area contributed by atoms with Crippen molar-refractivity contribution >= 4 is 11.9 Å². The van der Waals surface area contributed by atoms with Crippen LogP contribution in [0, 0.1) is 0 Å². The Balaban J connectivity index is 4.41. The Morgan fingerprint density at radius 2 is 0.682 bits per heavy atom. The molecule has 0 aromatic rings. The van der Waals surface area contributed by atoms with Crippen LogP contribution in [0.5, 0.6) is 0 Å². The number of esters is 2. The van der Waals surface area contributed by atoms with Crippen molar-refractivity contribution in [2.24, 2.45) is 0 Å². The van der Waals surface area contributed by atoms with Crippen molar-refractivity contribution in [3.8, 4) is 0 Å². The molecular weight excluding hydrogens is 813 g/mol. The Morgan fingerprint density at radius 3 is 1.09 bits per heavy atom. The third-order valence-corrected chi connectivity index (χ3v) is 11.0. The summed E-state index contributed by atoms with van der Waals surface area (Å²) in [5.74, 6) is -0.468. The van der Waals surface area contributed by atoms with Crippen LogP contribution in [0.2, 0.25) is 0 Å². The lowest BCUT2D eigenvalue weighted by Gasteiger charge is -2.18. The minimum absolute atomic E-state index is 0.0391. The highest BCUT2D eigenvalue weighted by Gasteiger charge is 2.17. The molecule has 1 unspecified atom stereocenters. The van der Waals surface area contributed by atoms with Crippen molar-refractivity contribution < 1.29 is 23.8 Å². The fourth-order valence-corrected chi connectivity index (χ4v) is 7.03. The van der Waals surface area contributed by atoms with Crippen LogP contribution in [0.25, 0.3) is 0 Å². The molecule has 0 aliphatic carbocycles. The maximum Gasteiger partial charge on any atom is 0.306 e. The van der Waals surface area contributed by atoms with Gasteiger partial charge >= 0.3 is 11.9 Å². The van der Waals surface area contributed by atoms with E-state index in [2.05, 4.69) is 142 Å². The van der Waals surface area contributed by atoms with Gasteiger partial charge in [0.1, 0.15) is 6.61 Å². The number of hydrogen-bond acceptors (Lipinski definition) is 5. The van der Waals surface area contributed by atoms with Crippen LogP contribution in [-0.2, 0) is 23.8 Å². The molecule has 0 bridgehead atoms. The highest BCUT2D eigenvalue weighted by molar-refractivity contribution is 5.70. The van der Waals surface area contributed by atoms with E-state index in [1.54, 1.807) is 0 Å². The standard InChI is InChI=1S/C61H100O5/c1-4-7-10-13-16-19-22-25-28-30-31-32-34-36-39-42-45-48-51-54-60(62)65-58-59(57-64-56-53-50-47-44-41-38-35-29-26-23-20-17-14-11-8-5-2)66-61(63)55-52-49-46-43-40-37-33-27-24-21-18-15-12-9-6-3/h8-9,11-12,16-21,25-29,33,38,41,47,50,59H,4-7,10,13-15,22-24,30-32,34-37,39-40,42-46,48-49,51-58H2,1-3H3/b11-8-,12-9-,19-16-,20-17-,21-18-,28-25-,29-26-,33-27-,41-38-,50-47-. The van der Waals surface area contributed by atoms with E-state index in [0.29, 0.717) is 19.4 Å². The minimum atomic E-state index is -0.595. The first kappa shape index (κ1) is 62.3. The molecule has 0 N–H and O–H groups in total. The van der Waals surface area contributed by atoms with E-state index in [4.69, 9.17) is 14.2 Å². The van der Waals surface area contributed by atoms with Crippen molar-refractivity contribution in [1.82, 2.24) is 0 Å². The van der Waals surface area contributed by atoms with Crippen molar-refractivity contribution in [3.63, 3.8) is 0 Å². The first-order valence-corrected chi connectivity index (χ1v) is 27.1. The van der Waals surface area contributed by atoms with Gasteiger partial charge in [0.2, 0.25) is 0 Å². The van der Waals surface area contributed by atoms with Crippen molar-refractivity contribution in [1.29, 1.82) is 0 Å². The fraction of sp³-hybridized carbons (Fsp3) is 0.639. The molecule has 0 amide bonds. The van der Waals surface area contributed by atoms with E-state index in [9.17, 15) is 9.59 Å². The Morgan fingerprint density at radius 1 is 0.348 bits per heavy atom. The molecule has 0 aromatic carbocycles. The number of rotatable bonds is 48. The lowest BCUT2D eigenvalue weighted by molar-refractivity contribution is -0.162. The SMILES string of the molecule is CC/C=C\C/C=C\C/C=C\C/C=C\C/C=C\CCOCC(COC(=O)CCCCCCCCCCC/C=C\C/C=C\CCCCC)OC(=O)CCCCCCC/C=C\C/C=C\C/C=C\CC. The quantitative estimate of drug-likeness (QED) is 0.0346. The van der Waals surface area contributed by atoms with Crippen LogP contribution in [0.4, 0.5) is 0 Å². The largest absolute Gasteiger partial charge is 0.462 e. The van der Waals surface area contributed by atoms with Gasteiger partial charge in [0.15, 0.2) is 6.10 Å². The average Bonchev–Trinajstić information content (AvgIpc) is 3.32. The smallest absolute Gasteiger partial charge is 0.306 e. The summed E-state index contributed by atoms with van der Waals surface area (Å²) in [5.41, 5.74) is 0. The third-order valence-electron chi connectivity index (χ3n) is 11.0. The van der Waals surface area contributed by atoms with Crippen LogP contribution >= 0.6 is 0 Å². The molecule has 0 heterocycles. The summed E-state index contributed by atoms with van der Waals surface area (Å²) in [6.45, 7) is 7.34. The predicted octanol–water partition coefficient (Wildman–Crippen LogP) is 18.6. The van der Waals surface area contributed by atoms with Crippen molar-refractivity contribution in [3.05, 3.63) is 122 Å². The molecule has 0 aromatic heterocycles. The normalized spacial score (nSPS) is 13.2. The molecule has 5 nitrogen and oxygen atoms in total. The molecule has 0 saturated heterocycles. The van der Waals surface area contributed by atoms with Gasteiger partial charge in [-0.05, 0) is 116 Å². The summed E-state index contributed by atoms with van der Waals surface area (Å²) >= 11 is 0. The monoisotopic (exact) mass is 913 g/mol. The molecule has 0 spiro atoms. The molecule has 0 rings (SSSR count). The van der Waals surface area contributed by atoms with Crippen molar-refractivity contribution in [2.45, 2.75) is 232 Å². The fourth-order valence-electron chi connectivity index (χ4n) is 7.03. The number of unbranched alkanes of at least 4 members (excludes halogenated alkanes) is 17. The topological polar surface area (TPSA) is 61.8 Å². The highest BCUT2D eigenvalue weighted by atomic mass is 16.6. The van der Waals surface area contributed by atoms with E-state index in [0.717, 1.165) is 116 Å². The summed E-state index contributed by atoms with van der Waals surface area (Å²) in [6, 6.07) is 0. The van der Waals surface area contributed by atoms with Gasteiger partial charge in [-0.3, -0.25) is 9.59 Å². The number of ether oxygens (including phenoxy) is 3. The zero-order chi connectivity index (χ0) is 47.7. The Hall–Kier alpha value is -3.70. The van der Waals surface area contributed by atoms with Gasteiger partial charge in [-0.15, -0.1) is 0 Å². The van der Waals surface area contributed by atoms with Crippen molar-refractivity contribution in [2.75, 3.05) is 19.8 Å². The van der Waals surface area contributed by atoms with E-state index in [1.165, 1.54) is 77.0 Å². The first-order chi connectivity index (χ1) is 32.6. The first-order valence-electron chi connectivity index (χ1n) is 27.1. The number of allylic oxidation sites excluding steroid dienone is 19. The van der Waals surface area contributed by atoms with E-state index >= 15 is 0 Å². The van der Waals surface area contributed by atoms with E-state index in [1.807, 2.05) is 0 Å². The second-order valence-electron chi connectivity index (χ2n) is 17.4. The summed E-state index contributed by atoms with van der Waals surface area (Å²) in [6.07, 6.45) is 78.0. The van der Waals surface area contributed by atoms with Gasteiger partial charge < -0.3 is 14.2 Å². The van der Waals surface area contributed by atoms with E-state index in [-0.39, 0.29) is 25.2 Å². The molecule has 0 fully saturated rings. The molecular formula is C61H100O5. The van der Waals surface area contributed by atoms with Crippen LogP contribution in [0.1, 0.15) is 226 Å². The van der Waals surface area contributed by atoms with Gasteiger partial charge in [-0.2, -0.15) is 0 Å². The molecule has 0 saturated carbocycles. The zero-order valence-electron chi connectivity index (χ0n) is 42.9. The molecule has 1 atom stereocenters. The number of carbonyl (C=O) groups is 2. The minimum Gasteiger partial charge on any atom is -0.462 e. The second-order valence-corrected chi connectivity index (χ2v) is 17.4. The van der Waals surface area contributed by atoms with Crippen LogP contribution in [0.3, 0.4) is 0 Å². The van der Waals surface area contributed by atoms with Crippen LogP contribution in [-0.4, -0.2) is 37.9 Å². The Bertz CT molecular complexity index is 1350. The van der Waals surface area contributed by atoms with Gasteiger partial charge in [0, 0.05) is 12.8 Å². The summed E-state index contributed by atoms with van der Waals surface area (Å²) in [5, 5.41) is 0. The number of hydrogen-bond donors (Lipinski definition) is 0. The average molecular weight is 913 g/mol. The Kier molecular flexibility index (Phi) is 52.5. The summed E-state index contributed by atoms with van der Waals surface area (Å²) < 4.78 is 17.3. The lowest BCUT2D eigenvalue weighted by Crippen LogP contribution is -2.30. The lowest BCUT2D eigenvalue weighted by atomic mass is 10.1. The van der Waals surface area contributed by atoms with Gasteiger partial charge in [0.25, 0.3) is 0 Å².